The van der Waals surface area contributed by atoms with Crippen LogP contribution in [-0.2, 0) is 9.53 Å². The Kier molecular flexibility index (Phi) is 5.00. The maximum absolute atomic E-state index is 13.4. The van der Waals surface area contributed by atoms with Gasteiger partial charge in [0.1, 0.15) is 17.5 Å². The van der Waals surface area contributed by atoms with Crippen LogP contribution < -0.4 is 5.32 Å². The monoisotopic (exact) mass is 323 g/mol. The van der Waals surface area contributed by atoms with Gasteiger partial charge in [-0.2, -0.15) is 0 Å². The van der Waals surface area contributed by atoms with Gasteiger partial charge in [0.2, 0.25) is 0 Å². The van der Waals surface area contributed by atoms with Gasteiger partial charge in [0.05, 0.1) is 5.56 Å². The van der Waals surface area contributed by atoms with Gasteiger partial charge in [0.15, 0.2) is 6.61 Å². The second-order valence-electron chi connectivity index (χ2n) is 4.71. The Labute approximate surface area is 129 Å². The standard InChI is InChI=1S/C16H12F3NO3/c1-9-2-4-11(7-14(9)19)20-15(21)8-23-16(22)12-6-10(17)3-5-13(12)18/h2-7H,8H2,1H3,(H,20,21). The fraction of sp³-hybridized carbons (Fsp3) is 0.125. The molecule has 0 aliphatic rings. The summed E-state index contributed by atoms with van der Waals surface area (Å²) >= 11 is 0. The molecule has 7 heteroatoms. The lowest BCUT2D eigenvalue weighted by molar-refractivity contribution is -0.119. The fourth-order valence-corrected chi connectivity index (χ4v) is 1.73. The Morgan fingerprint density at radius 1 is 1.04 bits per heavy atom. The molecule has 0 bridgehead atoms. The number of nitrogens with one attached hydrogen (secondary N) is 1. The third-order valence-corrected chi connectivity index (χ3v) is 2.94. The zero-order valence-electron chi connectivity index (χ0n) is 12.0. The van der Waals surface area contributed by atoms with E-state index in [2.05, 4.69) is 10.1 Å². The first kappa shape index (κ1) is 16.5. The maximum Gasteiger partial charge on any atom is 0.341 e. The number of carbonyl (C=O) groups excluding carboxylic acids is 2. The number of aryl methyl sites for hydroxylation is 1. The van der Waals surface area contributed by atoms with Gasteiger partial charge in [0, 0.05) is 5.69 Å². The molecule has 0 spiro atoms. The topological polar surface area (TPSA) is 55.4 Å². The Balaban J connectivity index is 1.94. The van der Waals surface area contributed by atoms with E-state index in [9.17, 15) is 22.8 Å². The van der Waals surface area contributed by atoms with Gasteiger partial charge in [-0.15, -0.1) is 0 Å². The Hall–Kier alpha value is -2.83. The Bertz CT molecular complexity index is 762. The SMILES string of the molecule is Cc1ccc(NC(=O)COC(=O)c2cc(F)ccc2F)cc1F. The molecule has 0 aliphatic carbocycles. The molecule has 120 valence electrons. The number of halogens is 3. The minimum Gasteiger partial charge on any atom is -0.452 e. The smallest absolute Gasteiger partial charge is 0.341 e. The van der Waals surface area contributed by atoms with Crippen LogP contribution in [0.4, 0.5) is 18.9 Å². The molecule has 0 aromatic heterocycles. The summed E-state index contributed by atoms with van der Waals surface area (Å²) in [4.78, 5) is 23.2. The zero-order valence-corrected chi connectivity index (χ0v) is 12.0. The lowest BCUT2D eigenvalue weighted by Crippen LogP contribution is -2.21. The fourth-order valence-electron chi connectivity index (χ4n) is 1.73. The van der Waals surface area contributed by atoms with Crippen molar-refractivity contribution in [2.45, 2.75) is 6.92 Å². The van der Waals surface area contributed by atoms with Crippen LogP contribution >= 0.6 is 0 Å². The van der Waals surface area contributed by atoms with E-state index < -0.39 is 41.5 Å². The van der Waals surface area contributed by atoms with Gasteiger partial charge in [0.25, 0.3) is 5.91 Å². The van der Waals surface area contributed by atoms with Crippen molar-refractivity contribution in [3.05, 3.63) is 65.0 Å². The molecule has 1 amide bonds. The van der Waals surface area contributed by atoms with Gasteiger partial charge >= 0.3 is 5.97 Å². The molecule has 0 saturated heterocycles. The summed E-state index contributed by atoms with van der Waals surface area (Å²) in [5, 5.41) is 2.32. The van der Waals surface area contributed by atoms with E-state index in [4.69, 9.17) is 0 Å². The van der Waals surface area contributed by atoms with Crippen molar-refractivity contribution in [1.82, 2.24) is 0 Å². The molecule has 2 aromatic carbocycles. The summed E-state index contributed by atoms with van der Waals surface area (Å²) in [6.45, 7) is 0.848. The van der Waals surface area contributed by atoms with Crippen LogP contribution in [0.5, 0.6) is 0 Å². The number of esters is 1. The largest absolute Gasteiger partial charge is 0.452 e. The summed E-state index contributed by atoms with van der Waals surface area (Å²) < 4.78 is 44.3. The Morgan fingerprint density at radius 2 is 1.78 bits per heavy atom. The summed E-state index contributed by atoms with van der Waals surface area (Å²) in [7, 11) is 0. The molecule has 2 aromatic rings. The molecule has 2 rings (SSSR count). The number of hydrogen-bond acceptors (Lipinski definition) is 3. The number of amides is 1. The van der Waals surface area contributed by atoms with E-state index >= 15 is 0 Å². The molecule has 0 saturated carbocycles. The molecule has 0 unspecified atom stereocenters. The van der Waals surface area contributed by atoms with Gasteiger partial charge in [-0.1, -0.05) is 6.07 Å². The molecule has 0 heterocycles. The lowest BCUT2D eigenvalue weighted by Gasteiger charge is -2.08. The van der Waals surface area contributed by atoms with Crippen LogP contribution in [0.2, 0.25) is 0 Å². The first-order valence-corrected chi connectivity index (χ1v) is 6.55. The molecule has 23 heavy (non-hydrogen) atoms. The normalized spacial score (nSPS) is 10.3. The number of carbonyl (C=O) groups is 2. The van der Waals surface area contributed by atoms with Gasteiger partial charge in [-0.3, -0.25) is 4.79 Å². The Morgan fingerprint density at radius 3 is 2.48 bits per heavy atom. The van der Waals surface area contributed by atoms with Crippen molar-refractivity contribution in [3.8, 4) is 0 Å². The predicted molar refractivity (Wildman–Crippen MR) is 76.4 cm³/mol. The van der Waals surface area contributed by atoms with E-state index in [0.717, 1.165) is 18.2 Å². The highest BCUT2D eigenvalue weighted by Crippen LogP contribution is 2.14. The van der Waals surface area contributed by atoms with E-state index in [-0.39, 0.29) is 5.69 Å². The molecule has 0 radical (unpaired) electrons. The minimum atomic E-state index is -1.17. The molecular weight excluding hydrogens is 311 g/mol. The molecule has 0 fully saturated rings. The minimum absolute atomic E-state index is 0.186. The molecule has 1 N–H and O–H groups in total. The van der Waals surface area contributed by atoms with Crippen molar-refractivity contribution < 1.29 is 27.5 Å². The van der Waals surface area contributed by atoms with E-state index in [1.54, 1.807) is 6.92 Å². The highest BCUT2D eigenvalue weighted by Gasteiger charge is 2.16. The van der Waals surface area contributed by atoms with Gasteiger partial charge in [-0.05, 0) is 42.8 Å². The first-order valence-electron chi connectivity index (χ1n) is 6.55. The third-order valence-electron chi connectivity index (χ3n) is 2.94. The van der Waals surface area contributed by atoms with Crippen LogP contribution in [0.1, 0.15) is 15.9 Å². The van der Waals surface area contributed by atoms with Gasteiger partial charge < -0.3 is 10.1 Å². The van der Waals surface area contributed by atoms with E-state index in [0.29, 0.717) is 11.6 Å². The van der Waals surface area contributed by atoms with Crippen molar-refractivity contribution in [1.29, 1.82) is 0 Å². The second kappa shape index (κ2) is 6.95. The number of ether oxygens (including phenoxy) is 1. The quantitative estimate of drug-likeness (QED) is 0.879. The predicted octanol–water partition coefficient (Wildman–Crippen LogP) is 3.21. The summed E-state index contributed by atoms with van der Waals surface area (Å²) in [5.41, 5.74) is -0.0127. The lowest BCUT2D eigenvalue weighted by atomic mass is 10.2. The average molecular weight is 323 g/mol. The van der Waals surface area contributed by atoms with Crippen molar-refractivity contribution in [2.75, 3.05) is 11.9 Å². The number of anilines is 1. The van der Waals surface area contributed by atoms with Crippen molar-refractivity contribution >= 4 is 17.6 Å². The van der Waals surface area contributed by atoms with E-state index in [1.165, 1.54) is 12.1 Å². The van der Waals surface area contributed by atoms with Crippen LogP contribution in [0.25, 0.3) is 0 Å². The van der Waals surface area contributed by atoms with Crippen LogP contribution in [0.3, 0.4) is 0 Å². The molecule has 0 atom stereocenters. The molecular formula is C16H12F3NO3. The summed E-state index contributed by atoms with van der Waals surface area (Å²) in [6, 6.07) is 6.36. The molecule has 4 nitrogen and oxygen atoms in total. The third kappa shape index (κ3) is 4.32. The highest BCUT2D eigenvalue weighted by molar-refractivity contribution is 5.95. The summed E-state index contributed by atoms with van der Waals surface area (Å²) in [5.74, 6) is -4.18. The maximum atomic E-state index is 13.4. The first-order chi connectivity index (χ1) is 10.9. The molecule has 0 aliphatic heterocycles. The van der Waals surface area contributed by atoms with E-state index in [1.807, 2.05) is 0 Å². The van der Waals surface area contributed by atoms with Crippen LogP contribution in [-0.4, -0.2) is 18.5 Å². The summed E-state index contributed by atoms with van der Waals surface area (Å²) in [6.07, 6.45) is 0. The van der Waals surface area contributed by atoms with Crippen LogP contribution in [0, 0.1) is 24.4 Å². The second-order valence-corrected chi connectivity index (χ2v) is 4.71. The number of rotatable bonds is 4. The number of benzene rings is 2. The average Bonchev–Trinajstić information content (AvgIpc) is 2.51. The number of hydrogen-bond donors (Lipinski definition) is 1. The van der Waals surface area contributed by atoms with Crippen LogP contribution in [0.15, 0.2) is 36.4 Å². The zero-order chi connectivity index (χ0) is 17.0. The highest BCUT2D eigenvalue weighted by atomic mass is 19.1. The van der Waals surface area contributed by atoms with Gasteiger partial charge in [-0.25, -0.2) is 18.0 Å². The van der Waals surface area contributed by atoms with Crippen molar-refractivity contribution in [2.24, 2.45) is 0 Å². The van der Waals surface area contributed by atoms with Crippen molar-refractivity contribution in [3.63, 3.8) is 0 Å².